The molecule has 0 radical (unpaired) electrons. The first kappa shape index (κ1) is 24.1. The lowest BCUT2D eigenvalue weighted by Gasteiger charge is -2.40. The average molecular weight is 500 g/mol. The summed E-state index contributed by atoms with van der Waals surface area (Å²) in [6.45, 7) is 2.71. The summed E-state index contributed by atoms with van der Waals surface area (Å²) in [5.74, 6) is 3.07. The quantitative estimate of drug-likeness (QED) is 0.338. The van der Waals surface area contributed by atoms with Gasteiger partial charge in [0, 0.05) is 37.8 Å². The lowest BCUT2D eigenvalue weighted by Crippen LogP contribution is -2.47. The Hall–Kier alpha value is -3.61. The number of likely N-dealkylation sites (N-methyl/N-ethyl adjacent to an activating group) is 1. The van der Waals surface area contributed by atoms with E-state index in [0.29, 0.717) is 23.2 Å². The molecular formula is C29H30ClN5O. The molecule has 6 nitrogen and oxygen atoms in total. The second kappa shape index (κ2) is 11.0. The smallest absolute Gasteiger partial charge is 0.137 e. The molecule has 3 aromatic carbocycles. The molecule has 1 fully saturated rings. The van der Waals surface area contributed by atoms with Gasteiger partial charge in [-0.2, -0.15) is 0 Å². The molecule has 1 aliphatic heterocycles. The summed E-state index contributed by atoms with van der Waals surface area (Å²) in [7, 11) is 3.80. The Bertz CT molecular complexity index is 1300. The summed E-state index contributed by atoms with van der Waals surface area (Å²) in [4.78, 5) is 14.6. The molecule has 1 aliphatic rings. The minimum absolute atomic E-state index is 0.296. The number of hydrogen-bond acceptors (Lipinski definition) is 6. The van der Waals surface area contributed by atoms with Crippen LogP contribution >= 0.6 is 11.6 Å². The van der Waals surface area contributed by atoms with Crippen LogP contribution in [0.4, 0.5) is 17.3 Å². The zero-order valence-electron chi connectivity index (χ0n) is 20.6. The van der Waals surface area contributed by atoms with Crippen molar-refractivity contribution in [1.82, 2.24) is 14.9 Å². The number of benzene rings is 3. The number of nitrogens with one attached hydrogen (secondary N) is 1. The van der Waals surface area contributed by atoms with Crippen molar-refractivity contribution < 1.29 is 4.74 Å². The number of nitrogens with zero attached hydrogens (tertiary/aromatic N) is 4. The topological polar surface area (TPSA) is 53.5 Å². The molecule has 0 saturated carbocycles. The highest BCUT2D eigenvalue weighted by Crippen LogP contribution is 2.31. The highest BCUT2D eigenvalue weighted by Gasteiger charge is 2.27. The number of aromatic nitrogens is 2. The van der Waals surface area contributed by atoms with E-state index in [9.17, 15) is 0 Å². The molecule has 2 heterocycles. The number of hydrogen-bond donors (Lipinski definition) is 1. The van der Waals surface area contributed by atoms with Gasteiger partial charge in [-0.3, -0.25) is 4.90 Å². The molecule has 1 unspecified atom stereocenters. The number of piperazine rings is 1. The van der Waals surface area contributed by atoms with Crippen LogP contribution in [0.1, 0.15) is 23.0 Å². The molecule has 1 saturated heterocycles. The van der Waals surface area contributed by atoms with Gasteiger partial charge in [-0.25, -0.2) is 9.97 Å². The van der Waals surface area contributed by atoms with Crippen LogP contribution < -0.4 is 15.0 Å². The van der Waals surface area contributed by atoms with Crippen molar-refractivity contribution in [2.24, 2.45) is 0 Å². The van der Waals surface area contributed by atoms with Crippen LogP contribution in [-0.4, -0.2) is 48.7 Å². The van der Waals surface area contributed by atoms with Gasteiger partial charge in [0.2, 0.25) is 0 Å². The van der Waals surface area contributed by atoms with E-state index in [4.69, 9.17) is 26.3 Å². The molecule has 1 atom stereocenters. The molecule has 0 bridgehead atoms. The second-order valence-electron chi connectivity index (χ2n) is 9.02. The molecule has 0 spiro atoms. The largest absolute Gasteiger partial charge is 0.495 e. The molecular weight excluding hydrogens is 470 g/mol. The van der Waals surface area contributed by atoms with Crippen LogP contribution in [0.3, 0.4) is 0 Å². The van der Waals surface area contributed by atoms with Gasteiger partial charge in [-0.15, -0.1) is 0 Å². The second-order valence-corrected chi connectivity index (χ2v) is 9.42. The molecule has 4 aromatic rings. The van der Waals surface area contributed by atoms with Crippen molar-refractivity contribution in [3.63, 3.8) is 0 Å². The lowest BCUT2D eigenvalue weighted by molar-refractivity contribution is 0.220. The Kier molecular flexibility index (Phi) is 7.35. The highest BCUT2D eigenvalue weighted by atomic mass is 35.5. The summed E-state index contributed by atoms with van der Waals surface area (Å²) in [6.07, 6.45) is 0.655. The summed E-state index contributed by atoms with van der Waals surface area (Å²) >= 11 is 6.36. The number of ether oxygens (including phenoxy) is 1. The van der Waals surface area contributed by atoms with E-state index in [0.717, 1.165) is 42.8 Å². The molecule has 0 amide bonds. The van der Waals surface area contributed by atoms with E-state index < -0.39 is 0 Å². The van der Waals surface area contributed by atoms with Crippen LogP contribution in [0.2, 0.25) is 5.02 Å². The zero-order valence-corrected chi connectivity index (χ0v) is 21.3. The molecule has 184 valence electrons. The minimum Gasteiger partial charge on any atom is -0.495 e. The van der Waals surface area contributed by atoms with Gasteiger partial charge in [-0.05, 0) is 36.4 Å². The van der Waals surface area contributed by atoms with Gasteiger partial charge >= 0.3 is 0 Å². The average Bonchev–Trinajstić information content (AvgIpc) is 2.90. The normalized spacial score (nSPS) is 16.1. The molecule has 7 heteroatoms. The Labute approximate surface area is 217 Å². The first-order chi connectivity index (χ1) is 17.6. The van der Waals surface area contributed by atoms with Crippen molar-refractivity contribution in [2.45, 2.75) is 12.5 Å². The third-order valence-corrected chi connectivity index (χ3v) is 6.84. The summed E-state index contributed by atoms with van der Waals surface area (Å²) in [5.41, 5.74) is 3.33. The number of anilines is 3. The van der Waals surface area contributed by atoms with Crippen molar-refractivity contribution in [2.75, 3.05) is 44.0 Å². The Morgan fingerprint density at radius 3 is 2.42 bits per heavy atom. The first-order valence-corrected chi connectivity index (χ1v) is 12.5. The molecule has 1 N–H and O–H groups in total. The predicted molar refractivity (Wildman–Crippen MR) is 147 cm³/mol. The molecule has 1 aromatic heterocycles. The Morgan fingerprint density at radius 2 is 1.69 bits per heavy atom. The fraction of sp³-hybridized carbons (Fsp3) is 0.241. The minimum atomic E-state index is 0.296. The maximum atomic E-state index is 6.36. The fourth-order valence-electron chi connectivity index (χ4n) is 4.58. The summed E-state index contributed by atoms with van der Waals surface area (Å²) < 4.78 is 5.29. The van der Waals surface area contributed by atoms with Crippen LogP contribution in [0.5, 0.6) is 5.75 Å². The monoisotopic (exact) mass is 499 g/mol. The molecule has 0 aliphatic carbocycles. The van der Waals surface area contributed by atoms with Gasteiger partial charge in [-0.1, -0.05) is 72.3 Å². The summed E-state index contributed by atoms with van der Waals surface area (Å²) in [6, 6.07) is 28.9. The third kappa shape index (κ3) is 5.61. The maximum absolute atomic E-state index is 6.36. The van der Waals surface area contributed by atoms with E-state index in [-0.39, 0.29) is 0 Å². The van der Waals surface area contributed by atoms with Crippen molar-refractivity contribution in [3.8, 4) is 5.75 Å². The Morgan fingerprint density at radius 1 is 0.944 bits per heavy atom. The van der Waals surface area contributed by atoms with Crippen molar-refractivity contribution in [1.29, 1.82) is 0 Å². The standard InChI is InChI=1S/C29H30ClN5O/c1-34-15-16-35(20-25(34)22-11-7-4-8-12-22)29-19-28(31-23-13-14-26(36-2)24(30)18-23)32-27(33-29)17-21-9-5-3-6-10-21/h3-14,18-19,25H,15-17,20H2,1-2H3,(H,31,32,33). The zero-order chi connectivity index (χ0) is 24.9. The maximum Gasteiger partial charge on any atom is 0.137 e. The van der Waals surface area contributed by atoms with Gasteiger partial charge in [0.05, 0.1) is 18.2 Å². The van der Waals surface area contributed by atoms with E-state index in [1.165, 1.54) is 11.1 Å². The van der Waals surface area contributed by atoms with Gasteiger partial charge in [0.25, 0.3) is 0 Å². The third-order valence-electron chi connectivity index (χ3n) is 6.54. The number of rotatable bonds is 7. The SMILES string of the molecule is COc1ccc(Nc2cc(N3CCN(C)C(c4ccccc4)C3)nc(Cc3ccccc3)n2)cc1Cl. The van der Waals surface area contributed by atoms with Crippen LogP contribution in [0.25, 0.3) is 0 Å². The lowest BCUT2D eigenvalue weighted by atomic mass is 10.0. The predicted octanol–water partition coefficient (Wildman–Crippen LogP) is 5.97. The fourth-order valence-corrected chi connectivity index (χ4v) is 4.83. The van der Waals surface area contributed by atoms with Crippen molar-refractivity contribution in [3.05, 3.63) is 107 Å². The van der Waals surface area contributed by atoms with Gasteiger partial charge in [0.1, 0.15) is 23.2 Å². The Balaban J connectivity index is 1.46. The number of methoxy groups -OCH3 is 1. The van der Waals surface area contributed by atoms with E-state index in [1.54, 1.807) is 7.11 Å². The summed E-state index contributed by atoms with van der Waals surface area (Å²) in [5, 5.41) is 3.97. The van der Waals surface area contributed by atoms with E-state index >= 15 is 0 Å². The van der Waals surface area contributed by atoms with Crippen LogP contribution in [0.15, 0.2) is 84.9 Å². The van der Waals surface area contributed by atoms with Crippen molar-refractivity contribution >= 4 is 28.9 Å². The van der Waals surface area contributed by atoms with Gasteiger partial charge in [0.15, 0.2) is 0 Å². The molecule has 5 rings (SSSR count). The number of halogens is 1. The van der Waals surface area contributed by atoms with E-state index in [1.807, 2.05) is 42.5 Å². The first-order valence-electron chi connectivity index (χ1n) is 12.1. The van der Waals surface area contributed by atoms with E-state index in [2.05, 4.69) is 64.6 Å². The molecule has 36 heavy (non-hydrogen) atoms. The van der Waals surface area contributed by atoms with Crippen LogP contribution in [-0.2, 0) is 6.42 Å². The van der Waals surface area contributed by atoms with Gasteiger partial charge < -0.3 is 15.0 Å². The highest BCUT2D eigenvalue weighted by molar-refractivity contribution is 6.32. The van der Waals surface area contributed by atoms with Crippen LogP contribution in [0, 0.1) is 0 Å².